The van der Waals surface area contributed by atoms with Crippen molar-refractivity contribution in [2.24, 2.45) is 0 Å². The molecule has 0 unspecified atom stereocenters. The number of carbonyl (C=O) groups excluding carboxylic acids is 1. The lowest BCUT2D eigenvalue weighted by Gasteiger charge is -2.55. The molecule has 3 saturated carbocycles. The van der Waals surface area contributed by atoms with Gasteiger partial charge in [0.15, 0.2) is 0 Å². The van der Waals surface area contributed by atoms with Gasteiger partial charge in [-0.15, -0.1) is 0 Å². The van der Waals surface area contributed by atoms with E-state index in [-0.39, 0.29) is 11.8 Å². The van der Waals surface area contributed by atoms with E-state index >= 15 is 0 Å². The summed E-state index contributed by atoms with van der Waals surface area (Å²) in [6.07, 6.45) is 23.1. The predicted octanol–water partition coefficient (Wildman–Crippen LogP) is 8.87. The third-order valence-corrected chi connectivity index (χ3v) is 13.2. The van der Waals surface area contributed by atoms with Crippen molar-refractivity contribution in [3.63, 3.8) is 0 Å². The second-order valence-corrected chi connectivity index (χ2v) is 14.0. The van der Waals surface area contributed by atoms with Crippen molar-refractivity contribution in [1.29, 1.82) is 0 Å². The summed E-state index contributed by atoms with van der Waals surface area (Å²) in [5.74, 6) is -0.478. The largest absolute Gasteiger partial charge is 0.411 e. The molecule has 0 heterocycles. The van der Waals surface area contributed by atoms with Crippen molar-refractivity contribution in [2.75, 3.05) is 0 Å². The maximum atomic E-state index is 13.6. The SMILES string of the molecule is O=C(OS(C1CCCCCC1)(C1CCCCCC1)C1CCCCCC1)c1ccc(F)cc1. The van der Waals surface area contributed by atoms with E-state index < -0.39 is 10.3 Å². The number of rotatable bonds is 5. The van der Waals surface area contributed by atoms with Crippen LogP contribution in [0.15, 0.2) is 24.3 Å². The molecule has 0 spiro atoms. The van der Waals surface area contributed by atoms with Crippen LogP contribution in [0.1, 0.15) is 126 Å². The Bertz CT molecular complexity index is 644. The van der Waals surface area contributed by atoms with E-state index in [4.69, 9.17) is 4.18 Å². The summed E-state index contributed by atoms with van der Waals surface area (Å²) < 4.78 is 20.5. The second-order valence-electron chi connectivity index (χ2n) is 10.4. The Hall–Kier alpha value is -1.03. The van der Waals surface area contributed by atoms with E-state index in [1.54, 1.807) is 12.1 Å². The van der Waals surface area contributed by atoms with Gasteiger partial charge >= 0.3 is 5.97 Å². The van der Waals surface area contributed by atoms with Crippen LogP contribution in [0.4, 0.5) is 4.39 Å². The van der Waals surface area contributed by atoms with Crippen molar-refractivity contribution in [1.82, 2.24) is 0 Å². The van der Waals surface area contributed by atoms with Gasteiger partial charge in [-0.2, -0.15) is 0 Å². The van der Waals surface area contributed by atoms with E-state index in [9.17, 15) is 9.18 Å². The summed E-state index contributed by atoms with van der Waals surface area (Å²) in [4.78, 5) is 13.6. The molecule has 0 atom stereocenters. The van der Waals surface area contributed by atoms with Gasteiger partial charge in [-0.25, -0.2) is 9.18 Å². The lowest BCUT2D eigenvalue weighted by atomic mass is 10.2. The van der Waals surface area contributed by atoms with Crippen molar-refractivity contribution in [3.05, 3.63) is 35.6 Å². The zero-order valence-electron chi connectivity index (χ0n) is 19.9. The lowest BCUT2D eigenvalue weighted by molar-refractivity contribution is 0.0750. The van der Waals surface area contributed by atoms with E-state index in [2.05, 4.69) is 0 Å². The predicted molar refractivity (Wildman–Crippen MR) is 134 cm³/mol. The van der Waals surface area contributed by atoms with Crippen molar-refractivity contribution in [2.45, 2.75) is 131 Å². The van der Waals surface area contributed by atoms with Crippen LogP contribution >= 0.6 is 10.3 Å². The van der Waals surface area contributed by atoms with E-state index in [1.165, 1.54) is 128 Å². The maximum absolute atomic E-state index is 13.6. The van der Waals surface area contributed by atoms with Gasteiger partial charge in [-0.3, -0.25) is 0 Å². The summed E-state index contributed by atoms with van der Waals surface area (Å²) in [7, 11) is -1.57. The highest BCUT2D eigenvalue weighted by Gasteiger charge is 2.49. The minimum atomic E-state index is -1.57. The summed E-state index contributed by atoms with van der Waals surface area (Å²) >= 11 is 0. The molecular formula is C28H43FO2S. The highest BCUT2D eigenvalue weighted by molar-refractivity contribution is 8.31. The van der Waals surface area contributed by atoms with E-state index in [0.717, 1.165) is 0 Å². The Balaban J connectivity index is 1.74. The molecule has 1 aromatic carbocycles. The molecule has 1 aromatic rings. The molecule has 3 aliphatic rings. The van der Waals surface area contributed by atoms with Crippen LogP contribution in [0, 0.1) is 5.82 Å². The molecule has 0 amide bonds. The van der Waals surface area contributed by atoms with E-state index in [1.807, 2.05) is 0 Å². The first kappa shape index (κ1) is 24.1. The molecule has 0 saturated heterocycles. The Labute approximate surface area is 196 Å². The van der Waals surface area contributed by atoms with E-state index in [0.29, 0.717) is 21.3 Å². The zero-order valence-corrected chi connectivity index (χ0v) is 20.7. The fourth-order valence-corrected chi connectivity index (χ4v) is 12.2. The number of carbonyl (C=O) groups is 1. The molecule has 3 fully saturated rings. The number of halogens is 1. The number of hydrogen-bond donors (Lipinski definition) is 0. The first-order chi connectivity index (χ1) is 15.7. The van der Waals surface area contributed by atoms with Crippen LogP contribution in [0.5, 0.6) is 0 Å². The topological polar surface area (TPSA) is 26.3 Å². The monoisotopic (exact) mass is 462 g/mol. The van der Waals surface area contributed by atoms with Gasteiger partial charge in [0.25, 0.3) is 0 Å². The fraction of sp³-hybridized carbons (Fsp3) is 0.750. The van der Waals surface area contributed by atoms with Gasteiger partial charge in [0, 0.05) is 15.7 Å². The van der Waals surface area contributed by atoms with Gasteiger partial charge in [-0.05, 0) is 62.8 Å². The van der Waals surface area contributed by atoms with Crippen LogP contribution in [-0.4, -0.2) is 21.7 Å². The molecule has 0 radical (unpaired) electrons. The molecule has 0 N–H and O–H groups in total. The van der Waals surface area contributed by atoms with Gasteiger partial charge in [0.05, 0.1) is 5.56 Å². The van der Waals surface area contributed by atoms with Gasteiger partial charge in [0.2, 0.25) is 0 Å². The van der Waals surface area contributed by atoms with Gasteiger partial charge < -0.3 is 4.18 Å². The highest BCUT2D eigenvalue weighted by Crippen LogP contribution is 2.69. The first-order valence-electron chi connectivity index (χ1n) is 13.5. The molecule has 4 heteroatoms. The summed E-state index contributed by atoms with van der Waals surface area (Å²) in [5, 5.41) is 1.67. The average Bonchev–Trinajstić information content (AvgIpc) is 3.35. The molecule has 32 heavy (non-hydrogen) atoms. The Morgan fingerprint density at radius 3 is 1.31 bits per heavy atom. The first-order valence-corrected chi connectivity index (χ1v) is 15.2. The molecule has 0 bridgehead atoms. The molecule has 3 aliphatic carbocycles. The summed E-state index contributed by atoms with van der Waals surface area (Å²) in [6.45, 7) is 0. The minimum Gasteiger partial charge on any atom is -0.411 e. The molecule has 0 aromatic heterocycles. The van der Waals surface area contributed by atoms with Gasteiger partial charge in [0.1, 0.15) is 5.82 Å². The fourth-order valence-electron chi connectivity index (χ4n) is 6.62. The zero-order chi connectivity index (χ0) is 22.2. The van der Waals surface area contributed by atoms with Crippen LogP contribution in [0.25, 0.3) is 0 Å². The average molecular weight is 463 g/mol. The third-order valence-electron chi connectivity index (χ3n) is 8.27. The van der Waals surface area contributed by atoms with Crippen LogP contribution in [-0.2, 0) is 4.18 Å². The second kappa shape index (κ2) is 11.9. The quantitative estimate of drug-likeness (QED) is 0.408. The standard InChI is InChI=1S/C28H43FO2S/c29-24-21-19-23(20-22-24)28(30)31-32(25-13-7-1-2-8-14-25,26-15-9-3-4-10-16-26)27-17-11-5-6-12-18-27/h19-22,25-27H,1-18H2. The highest BCUT2D eigenvalue weighted by atomic mass is 32.3. The normalized spacial score (nSPS) is 23.7. The van der Waals surface area contributed by atoms with Crippen LogP contribution in [0.3, 0.4) is 0 Å². The van der Waals surface area contributed by atoms with Crippen LogP contribution < -0.4 is 0 Å². The van der Waals surface area contributed by atoms with Gasteiger partial charge in [-0.1, -0.05) is 87.4 Å². The number of benzene rings is 1. The Kier molecular flexibility index (Phi) is 8.97. The molecule has 0 aliphatic heterocycles. The third kappa shape index (κ3) is 5.72. The summed E-state index contributed by atoms with van der Waals surface area (Å²) in [6, 6.07) is 6.04. The lowest BCUT2D eigenvalue weighted by Crippen LogP contribution is -2.39. The maximum Gasteiger partial charge on any atom is 0.348 e. The van der Waals surface area contributed by atoms with Crippen molar-refractivity contribution < 1.29 is 13.4 Å². The van der Waals surface area contributed by atoms with Crippen molar-refractivity contribution >= 4 is 16.3 Å². The minimum absolute atomic E-state index is 0.183. The molecule has 180 valence electrons. The molecule has 4 rings (SSSR count). The Morgan fingerprint density at radius 2 is 0.969 bits per heavy atom. The number of hydrogen-bond acceptors (Lipinski definition) is 2. The van der Waals surface area contributed by atoms with Crippen LogP contribution in [0.2, 0.25) is 0 Å². The molecule has 2 nitrogen and oxygen atoms in total. The smallest absolute Gasteiger partial charge is 0.348 e. The summed E-state index contributed by atoms with van der Waals surface area (Å²) in [5.41, 5.74) is 0.527. The molecular weight excluding hydrogens is 419 g/mol. The van der Waals surface area contributed by atoms with Crippen molar-refractivity contribution in [3.8, 4) is 0 Å². The Morgan fingerprint density at radius 1 is 0.625 bits per heavy atom.